The predicted octanol–water partition coefficient (Wildman–Crippen LogP) is 3.49. The molecule has 1 atom stereocenters. The largest absolute Gasteiger partial charge is 0.466 e. The molecule has 9 nitrogen and oxygen atoms in total. The Hall–Kier alpha value is -4.58. The van der Waals surface area contributed by atoms with Crippen molar-refractivity contribution in [1.82, 2.24) is 0 Å². The van der Waals surface area contributed by atoms with Gasteiger partial charge in [-0.3, -0.25) is 9.69 Å². The molecule has 2 aromatic carbocycles. The van der Waals surface area contributed by atoms with Gasteiger partial charge in [-0.25, -0.2) is 9.59 Å². The van der Waals surface area contributed by atoms with Crippen LogP contribution in [-0.2, 0) is 23.9 Å². The van der Waals surface area contributed by atoms with Gasteiger partial charge in [-0.15, -0.1) is 0 Å². The van der Waals surface area contributed by atoms with Crippen LogP contribution in [0, 0.1) is 24.2 Å². The van der Waals surface area contributed by atoms with E-state index in [1.165, 1.54) is 19.1 Å². The van der Waals surface area contributed by atoms with Crippen LogP contribution in [0.3, 0.4) is 0 Å². The number of carbonyl (C=O) groups is 3. The summed E-state index contributed by atoms with van der Waals surface area (Å²) in [6.45, 7) is 5.31. The van der Waals surface area contributed by atoms with Crippen molar-refractivity contribution in [3.05, 3.63) is 82.3 Å². The number of ether oxygens (including phenoxy) is 2. The Balaban J connectivity index is 2.42. The molecule has 0 saturated heterocycles. The van der Waals surface area contributed by atoms with Crippen molar-refractivity contribution in [2.75, 3.05) is 24.4 Å². The standard InChI is InChI=1S/C27H28N4O5/c1-15(2)25(32)30-19-12-11-16(3)13-20(19)31-23(27(34)36-5)22(26(33)35-4)21(18(14-28)24(31)29)17-9-7-6-8-10-17/h6-13,15,21H,29H2,1-5H3,(H,30,32). The Morgan fingerprint density at radius 2 is 1.69 bits per heavy atom. The van der Waals surface area contributed by atoms with Gasteiger partial charge in [0.2, 0.25) is 5.91 Å². The number of allylic oxidation sites excluding steroid dienone is 1. The fourth-order valence-corrected chi connectivity index (χ4v) is 3.97. The highest BCUT2D eigenvalue weighted by Crippen LogP contribution is 2.45. The number of amides is 1. The average Bonchev–Trinajstić information content (AvgIpc) is 2.88. The summed E-state index contributed by atoms with van der Waals surface area (Å²) in [6.07, 6.45) is 0. The summed E-state index contributed by atoms with van der Waals surface area (Å²) < 4.78 is 10.1. The number of methoxy groups -OCH3 is 2. The molecule has 0 aromatic heterocycles. The second-order valence-electron chi connectivity index (χ2n) is 8.50. The summed E-state index contributed by atoms with van der Waals surface area (Å²) in [7, 11) is 2.36. The minimum Gasteiger partial charge on any atom is -0.466 e. The van der Waals surface area contributed by atoms with Crippen LogP contribution in [0.5, 0.6) is 0 Å². The molecule has 0 radical (unpaired) electrons. The molecule has 36 heavy (non-hydrogen) atoms. The minimum absolute atomic E-state index is 0.0388. The van der Waals surface area contributed by atoms with Gasteiger partial charge in [0.15, 0.2) is 0 Å². The van der Waals surface area contributed by atoms with Gasteiger partial charge in [-0.1, -0.05) is 50.2 Å². The number of aryl methyl sites for hydroxylation is 1. The van der Waals surface area contributed by atoms with Gasteiger partial charge in [0.25, 0.3) is 0 Å². The van der Waals surface area contributed by atoms with E-state index in [0.29, 0.717) is 16.9 Å². The molecular formula is C27H28N4O5. The maximum atomic E-state index is 13.2. The first kappa shape index (κ1) is 26.0. The predicted molar refractivity (Wildman–Crippen MR) is 134 cm³/mol. The van der Waals surface area contributed by atoms with E-state index in [4.69, 9.17) is 15.2 Å². The molecular weight excluding hydrogens is 460 g/mol. The van der Waals surface area contributed by atoms with Gasteiger partial charge in [0, 0.05) is 5.92 Å². The van der Waals surface area contributed by atoms with Crippen LogP contribution in [0.1, 0.15) is 30.9 Å². The first-order valence-electron chi connectivity index (χ1n) is 11.2. The molecule has 0 saturated carbocycles. The number of nitrogens with two attached hydrogens (primary N) is 1. The molecule has 0 aliphatic carbocycles. The molecule has 3 rings (SSSR count). The minimum atomic E-state index is -0.979. The topological polar surface area (TPSA) is 135 Å². The summed E-state index contributed by atoms with van der Waals surface area (Å²) in [5, 5.41) is 13.0. The van der Waals surface area contributed by atoms with E-state index in [0.717, 1.165) is 5.56 Å². The fraction of sp³-hybridized carbons (Fsp3) is 0.259. The van der Waals surface area contributed by atoms with Gasteiger partial charge in [0.1, 0.15) is 11.5 Å². The summed E-state index contributed by atoms with van der Waals surface area (Å²) in [5.74, 6) is -3.34. The SMILES string of the molecule is COC(=O)C1=C(C(=O)OC)N(c2cc(C)ccc2NC(=O)C(C)C)C(N)=C(C#N)C1c1ccccc1. The Labute approximate surface area is 209 Å². The lowest BCUT2D eigenvalue weighted by atomic mass is 9.81. The highest BCUT2D eigenvalue weighted by Gasteiger charge is 2.43. The lowest BCUT2D eigenvalue weighted by Gasteiger charge is -2.36. The number of nitriles is 1. The highest BCUT2D eigenvalue weighted by molar-refractivity contribution is 6.07. The molecule has 186 valence electrons. The highest BCUT2D eigenvalue weighted by atomic mass is 16.5. The van der Waals surface area contributed by atoms with E-state index in [9.17, 15) is 19.6 Å². The Kier molecular flexibility index (Phi) is 7.80. The first-order valence-corrected chi connectivity index (χ1v) is 11.2. The number of carbonyl (C=O) groups excluding carboxylic acids is 3. The number of rotatable bonds is 6. The first-order chi connectivity index (χ1) is 17.2. The van der Waals surface area contributed by atoms with Crippen LogP contribution < -0.4 is 16.0 Å². The van der Waals surface area contributed by atoms with Gasteiger partial charge >= 0.3 is 11.9 Å². The molecule has 2 aromatic rings. The third-order valence-electron chi connectivity index (χ3n) is 5.79. The van der Waals surface area contributed by atoms with Crippen molar-refractivity contribution in [1.29, 1.82) is 5.26 Å². The zero-order chi connectivity index (χ0) is 26.6. The van der Waals surface area contributed by atoms with E-state index < -0.39 is 17.9 Å². The van der Waals surface area contributed by atoms with Crippen molar-refractivity contribution >= 4 is 29.2 Å². The lowest BCUT2D eigenvalue weighted by Crippen LogP contribution is -2.41. The van der Waals surface area contributed by atoms with E-state index in [1.54, 1.807) is 62.4 Å². The average molecular weight is 489 g/mol. The molecule has 9 heteroatoms. The number of anilines is 2. The van der Waals surface area contributed by atoms with Crippen LogP contribution in [0.15, 0.2) is 71.2 Å². The van der Waals surface area contributed by atoms with E-state index >= 15 is 0 Å². The van der Waals surface area contributed by atoms with Crippen molar-refractivity contribution in [2.24, 2.45) is 11.7 Å². The maximum absolute atomic E-state index is 13.2. The van der Waals surface area contributed by atoms with Crippen molar-refractivity contribution in [2.45, 2.75) is 26.7 Å². The Bertz CT molecular complexity index is 1310. The van der Waals surface area contributed by atoms with E-state index in [1.807, 2.05) is 6.92 Å². The van der Waals surface area contributed by atoms with Gasteiger partial charge in [0.05, 0.1) is 48.7 Å². The van der Waals surface area contributed by atoms with Gasteiger partial charge < -0.3 is 20.5 Å². The monoisotopic (exact) mass is 488 g/mol. The van der Waals surface area contributed by atoms with Crippen molar-refractivity contribution in [3.8, 4) is 6.07 Å². The van der Waals surface area contributed by atoms with Crippen LogP contribution in [0.2, 0.25) is 0 Å². The summed E-state index contributed by atoms with van der Waals surface area (Å²) in [6, 6.07) is 16.0. The third kappa shape index (κ3) is 4.79. The van der Waals surface area contributed by atoms with Crippen molar-refractivity contribution < 1.29 is 23.9 Å². The molecule has 0 spiro atoms. The smallest absolute Gasteiger partial charge is 0.355 e. The second-order valence-corrected chi connectivity index (χ2v) is 8.50. The number of hydrogen-bond acceptors (Lipinski definition) is 8. The molecule has 1 unspecified atom stereocenters. The Morgan fingerprint density at radius 3 is 2.25 bits per heavy atom. The summed E-state index contributed by atoms with van der Waals surface area (Å²) in [4.78, 5) is 40.3. The number of nitrogens with one attached hydrogen (secondary N) is 1. The normalized spacial score (nSPS) is 15.5. The fourth-order valence-electron chi connectivity index (χ4n) is 3.97. The maximum Gasteiger partial charge on any atom is 0.355 e. The summed E-state index contributed by atoms with van der Waals surface area (Å²) in [5.41, 5.74) is 8.27. The molecule has 1 aliphatic heterocycles. The Morgan fingerprint density at radius 1 is 1.06 bits per heavy atom. The van der Waals surface area contributed by atoms with Crippen LogP contribution >= 0.6 is 0 Å². The number of hydrogen-bond donors (Lipinski definition) is 2. The van der Waals surface area contributed by atoms with Crippen molar-refractivity contribution in [3.63, 3.8) is 0 Å². The molecule has 0 fully saturated rings. The lowest BCUT2D eigenvalue weighted by molar-refractivity contribution is -0.139. The number of benzene rings is 2. The molecule has 3 N–H and O–H groups in total. The van der Waals surface area contributed by atoms with Gasteiger partial charge in [-0.05, 0) is 30.2 Å². The summed E-state index contributed by atoms with van der Waals surface area (Å²) >= 11 is 0. The molecule has 1 amide bonds. The zero-order valence-corrected chi connectivity index (χ0v) is 20.8. The second kappa shape index (κ2) is 10.8. The van der Waals surface area contributed by atoms with Crippen LogP contribution in [0.4, 0.5) is 11.4 Å². The molecule has 1 heterocycles. The van der Waals surface area contributed by atoms with Crippen LogP contribution in [0.25, 0.3) is 0 Å². The van der Waals surface area contributed by atoms with Gasteiger partial charge in [-0.2, -0.15) is 5.26 Å². The quantitative estimate of drug-likeness (QED) is 0.590. The van der Waals surface area contributed by atoms with Crippen LogP contribution in [-0.4, -0.2) is 32.1 Å². The molecule has 1 aliphatic rings. The van der Waals surface area contributed by atoms with E-state index in [2.05, 4.69) is 11.4 Å². The van der Waals surface area contributed by atoms with E-state index in [-0.39, 0.29) is 34.5 Å². The molecule has 0 bridgehead atoms. The zero-order valence-electron chi connectivity index (χ0n) is 20.8. The third-order valence-corrected chi connectivity index (χ3v) is 5.79. The number of esters is 2. The number of nitrogens with zero attached hydrogens (tertiary/aromatic N) is 2.